The van der Waals surface area contributed by atoms with Crippen LogP contribution in [0.15, 0.2) is 97.1 Å². The molecule has 0 atom stereocenters. The molecule has 4 aromatic rings. The summed E-state index contributed by atoms with van der Waals surface area (Å²) >= 11 is 0. The molecular weight excluding hydrogens is 462 g/mol. The average Bonchev–Trinajstić information content (AvgIpc) is 3.21. The molecule has 0 aliphatic carbocycles. The van der Waals surface area contributed by atoms with Crippen molar-refractivity contribution in [2.24, 2.45) is 0 Å². The number of ether oxygens (including phenoxy) is 1. The second kappa shape index (κ2) is 9.47. The van der Waals surface area contributed by atoms with Crippen molar-refractivity contribution in [3.05, 3.63) is 125 Å². The minimum Gasteiger partial charge on any atom is -0.441 e. The van der Waals surface area contributed by atoms with Crippen LogP contribution in [-0.4, -0.2) is 40.1 Å². The van der Waals surface area contributed by atoms with Gasteiger partial charge in [-0.25, -0.2) is 4.79 Å². The van der Waals surface area contributed by atoms with Crippen LogP contribution in [0.25, 0.3) is 0 Å². The first kappa shape index (κ1) is 24.1. The Labute approximate surface area is 217 Å². The molecule has 37 heavy (non-hydrogen) atoms. The average molecular weight is 492 g/mol. The lowest BCUT2D eigenvalue weighted by Gasteiger charge is -2.31. The molecule has 0 aromatic heterocycles. The molecule has 0 saturated carbocycles. The maximum absolute atomic E-state index is 13.2. The molecule has 6 nitrogen and oxygen atoms in total. The van der Waals surface area contributed by atoms with Crippen molar-refractivity contribution in [1.29, 1.82) is 0 Å². The summed E-state index contributed by atoms with van der Waals surface area (Å²) in [5.41, 5.74) is 4.89. The van der Waals surface area contributed by atoms with E-state index in [1.54, 1.807) is 24.3 Å². The third-order valence-electron chi connectivity index (χ3n) is 6.74. The van der Waals surface area contributed by atoms with Crippen LogP contribution in [0.3, 0.4) is 0 Å². The third-order valence-corrected chi connectivity index (χ3v) is 6.74. The minimum absolute atomic E-state index is 0.220. The Bertz CT molecular complexity index is 1390. The Morgan fingerprint density at radius 3 is 1.78 bits per heavy atom. The second-order valence-corrected chi connectivity index (χ2v) is 9.53. The van der Waals surface area contributed by atoms with Crippen LogP contribution >= 0.6 is 0 Å². The Morgan fingerprint density at radius 1 is 0.730 bits per heavy atom. The standard InChI is InChI=1S/C31H29N3O3/c1-33(2)25-15-10-22(11-16-25)31(23-12-17-26(18-13-23)34(3)4)28-20-24(14-19-27(28)30(36)37-31)32-29(35)21-8-6-5-7-9-21/h5-20H,1-4H3,(H,32,35). The maximum Gasteiger partial charge on any atom is 0.340 e. The summed E-state index contributed by atoms with van der Waals surface area (Å²) in [6.07, 6.45) is 0. The fourth-order valence-corrected chi connectivity index (χ4v) is 4.72. The number of fused-ring (bicyclic) bond motifs is 1. The van der Waals surface area contributed by atoms with Crippen molar-refractivity contribution < 1.29 is 14.3 Å². The van der Waals surface area contributed by atoms with Gasteiger partial charge in [0, 0.05) is 67.5 Å². The number of benzene rings is 4. The first-order valence-electron chi connectivity index (χ1n) is 12.1. The zero-order chi connectivity index (χ0) is 26.2. The van der Waals surface area contributed by atoms with E-state index in [0.29, 0.717) is 22.4 Å². The highest BCUT2D eigenvalue weighted by atomic mass is 16.6. The lowest BCUT2D eigenvalue weighted by atomic mass is 9.79. The van der Waals surface area contributed by atoms with Gasteiger partial charge in [-0.1, -0.05) is 42.5 Å². The van der Waals surface area contributed by atoms with E-state index < -0.39 is 11.6 Å². The Hall–Kier alpha value is -4.58. The van der Waals surface area contributed by atoms with Crippen LogP contribution in [0.1, 0.15) is 37.4 Å². The van der Waals surface area contributed by atoms with Crippen LogP contribution in [0.4, 0.5) is 17.1 Å². The number of carbonyl (C=O) groups is 2. The molecule has 6 heteroatoms. The normalized spacial score (nSPS) is 13.5. The first-order chi connectivity index (χ1) is 17.8. The molecule has 1 aliphatic heterocycles. The van der Waals surface area contributed by atoms with Gasteiger partial charge in [-0.3, -0.25) is 4.79 Å². The van der Waals surface area contributed by atoms with Crippen molar-refractivity contribution in [3.63, 3.8) is 0 Å². The fourth-order valence-electron chi connectivity index (χ4n) is 4.72. The summed E-state index contributed by atoms with van der Waals surface area (Å²) in [6, 6.07) is 30.4. The number of nitrogens with zero attached hydrogens (tertiary/aromatic N) is 2. The van der Waals surface area contributed by atoms with Gasteiger partial charge < -0.3 is 19.9 Å². The summed E-state index contributed by atoms with van der Waals surface area (Å²) in [4.78, 5) is 30.1. The number of esters is 1. The van der Waals surface area contributed by atoms with Crippen LogP contribution in [0.5, 0.6) is 0 Å². The minimum atomic E-state index is -1.16. The zero-order valence-electron chi connectivity index (χ0n) is 21.4. The summed E-state index contributed by atoms with van der Waals surface area (Å²) in [7, 11) is 7.93. The van der Waals surface area contributed by atoms with E-state index in [1.165, 1.54) is 0 Å². The van der Waals surface area contributed by atoms with E-state index in [0.717, 1.165) is 22.5 Å². The number of nitrogens with one attached hydrogen (secondary N) is 1. The van der Waals surface area contributed by atoms with E-state index in [2.05, 4.69) is 5.32 Å². The monoisotopic (exact) mass is 491 g/mol. The molecule has 4 aromatic carbocycles. The molecule has 0 bridgehead atoms. The van der Waals surface area contributed by atoms with Crippen molar-refractivity contribution in [2.75, 3.05) is 43.3 Å². The SMILES string of the molecule is CN(C)c1ccc(C2(c3ccc(N(C)C)cc3)OC(=O)c3ccc(NC(=O)c4ccccc4)cc32)cc1. The number of hydrogen-bond donors (Lipinski definition) is 1. The third kappa shape index (κ3) is 4.31. The Kier molecular flexibility index (Phi) is 6.17. The number of anilines is 3. The summed E-state index contributed by atoms with van der Waals surface area (Å²) in [5.74, 6) is -0.619. The van der Waals surface area contributed by atoms with Crippen molar-refractivity contribution in [1.82, 2.24) is 0 Å². The fraction of sp³-hybridized carbons (Fsp3) is 0.161. The van der Waals surface area contributed by atoms with Crippen LogP contribution in [-0.2, 0) is 10.3 Å². The maximum atomic E-state index is 13.2. The van der Waals surface area contributed by atoms with E-state index in [-0.39, 0.29) is 5.91 Å². The Balaban J connectivity index is 1.65. The molecule has 1 aliphatic rings. The molecule has 0 unspecified atom stereocenters. The topological polar surface area (TPSA) is 61.9 Å². The summed E-state index contributed by atoms with van der Waals surface area (Å²) in [5, 5.41) is 2.97. The molecule has 5 rings (SSSR count). The van der Waals surface area contributed by atoms with Gasteiger partial charge in [0.2, 0.25) is 0 Å². The highest BCUT2D eigenvalue weighted by Crippen LogP contribution is 2.48. The molecule has 0 saturated heterocycles. The largest absolute Gasteiger partial charge is 0.441 e. The Morgan fingerprint density at radius 2 is 1.27 bits per heavy atom. The van der Waals surface area contributed by atoms with Crippen LogP contribution in [0.2, 0.25) is 0 Å². The van der Waals surface area contributed by atoms with Gasteiger partial charge in [0.05, 0.1) is 5.56 Å². The number of rotatable bonds is 6. The van der Waals surface area contributed by atoms with Gasteiger partial charge in [0.15, 0.2) is 5.60 Å². The molecular formula is C31H29N3O3. The lowest BCUT2D eigenvalue weighted by molar-refractivity contribution is 0.0251. The van der Waals surface area contributed by atoms with E-state index in [4.69, 9.17) is 4.74 Å². The van der Waals surface area contributed by atoms with Gasteiger partial charge in [0.1, 0.15) is 0 Å². The van der Waals surface area contributed by atoms with Gasteiger partial charge in [-0.15, -0.1) is 0 Å². The predicted molar refractivity (Wildman–Crippen MR) is 148 cm³/mol. The van der Waals surface area contributed by atoms with Crippen LogP contribution in [0, 0.1) is 0 Å². The quantitative estimate of drug-likeness (QED) is 0.359. The van der Waals surface area contributed by atoms with Gasteiger partial charge in [-0.2, -0.15) is 0 Å². The molecule has 0 radical (unpaired) electrons. The number of amides is 1. The highest BCUT2D eigenvalue weighted by Gasteiger charge is 2.48. The highest BCUT2D eigenvalue weighted by molar-refractivity contribution is 6.05. The van der Waals surface area contributed by atoms with Crippen molar-refractivity contribution in [2.45, 2.75) is 5.60 Å². The zero-order valence-corrected chi connectivity index (χ0v) is 21.4. The first-order valence-corrected chi connectivity index (χ1v) is 12.1. The predicted octanol–water partition coefficient (Wildman–Crippen LogP) is 5.53. The van der Waals surface area contributed by atoms with Crippen molar-refractivity contribution >= 4 is 28.9 Å². The van der Waals surface area contributed by atoms with E-state index >= 15 is 0 Å². The summed E-state index contributed by atoms with van der Waals surface area (Å²) < 4.78 is 6.26. The lowest BCUT2D eigenvalue weighted by Crippen LogP contribution is -2.30. The van der Waals surface area contributed by atoms with Crippen LogP contribution < -0.4 is 15.1 Å². The van der Waals surface area contributed by atoms with Gasteiger partial charge in [-0.05, 0) is 54.6 Å². The second-order valence-electron chi connectivity index (χ2n) is 9.53. The van der Waals surface area contributed by atoms with Gasteiger partial charge in [0.25, 0.3) is 5.91 Å². The molecule has 1 amide bonds. The molecule has 186 valence electrons. The summed E-state index contributed by atoms with van der Waals surface area (Å²) in [6.45, 7) is 0. The molecule has 0 spiro atoms. The number of cyclic esters (lactones) is 1. The molecule has 1 heterocycles. The van der Waals surface area contributed by atoms with Crippen molar-refractivity contribution in [3.8, 4) is 0 Å². The molecule has 0 fully saturated rings. The smallest absolute Gasteiger partial charge is 0.340 e. The van der Waals surface area contributed by atoms with E-state index in [1.807, 2.05) is 111 Å². The van der Waals surface area contributed by atoms with E-state index in [9.17, 15) is 9.59 Å². The number of hydrogen-bond acceptors (Lipinski definition) is 5. The molecule has 1 N–H and O–H groups in total. The van der Waals surface area contributed by atoms with Gasteiger partial charge >= 0.3 is 5.97 Å². The number of carbonyl (C=O) groups excluding carboxylic acids is 2.